The number of anilines is 1. The van der Waals surface area contributed by atoms with E-state index >= 15 is 0 Å². The Morgan fingerprint density at radius 2 is 2.08 bits per heavy atom. The lowest BCUT2D eigenvalue weighted by atomic mass is 10.2. The molecule has 9 nitrogen and oxygen atoms in total. The highest BCUT2D eigenvalue weighted by molar-refractivity contribution is 7.46. The highest BCUT2D eigenvalue weighted by Gasteiger charge is 2.17. The van der Waals surface area contributed by atoms with Crippen molar-refractivity contribution in [2.45, 2.75) is 12.6 Å². The lowest BCUT2D eigenvalue weighted by Crippen LogP contribution is -2.18. The summed E-state index contributed by atoms with van der Waals surface area (Å²) >= 11 is 0. The number of pyridine rings is 2. The summed E-state index contributed by atoms with van der Waals surface area (Å²) < 4.78 is 10.4. The zero-order valence-corrected chi connectivity index (χ0v) is 14.4. The number of amides is 1. The summed E-state index contributed by atoms with van der Waals surface area (Å²) in [5, 5.41) is 2.71. The first-order valence-electron chi connectivity index (χ1n) is 6.62. The van der Waals surface area contributed by atoms with Gasteiger partial charge in [0.2, 0.25) is 14.3 Å². The molecule has 0 aliphatic rings. The van der Waals surface area contributed by atoms with Gasteiger partial charge >= 0.3 is 0 Å². The second kappa shape index (κ2) is 8.82. The summed E-state index contributed by atoms with van der Waals surface area (Å²) in [6.07, 6.45) is 2.97. The third-order valence-electron chi connectivity index (χ3n) is 2.82. The maximum Gasteiger partial charge on any atom is 0.267 e. The maximum atomic E-state index is 11.1. The Morgan fingerprint density at radius 1 is 1.33 bits per heavy atom. The van der Waals surface area contributed by atoms with Gasteiger partial charge in [0.25, 0.3) is 5.91 Å². The molecule has 0 spiro atoms. The minimum absolute atomic E-state index is 0.160. The number of carbonyl (C=O) groups excluding carboxylic acids is 1. The topological polar surface area (TPSA) is 140 Å². The standard InChI is InChI=1S/C13H16N4O5P2/c14-12(18)10-5-8(1-3-15-10)7-21-9-2-4-16-11(6-9)17-13(22-23)24(19)20/h1-6,13,19-20H,7,23H2,(H2,14,18)(H,16,17). The van der Waals surface area contributed by atoms with E-state index in [2.05, 4.69) is 15.3 Å². The molecule has 0 bridgehead atoms. The molecule has 24 heavy (non-hydrogen) atoms. The molecule has 128 valence electrons. The minimum atomic E-state index is -2.34. The van der Waals surface area contributed by atoms with Gasteiger partial charge in [-0.2, -0.15) is 0 Å². The number of primary amides is 1. The maximum absolute atomic E-state index is 11.1. The second-order valence-corrected chi connectivity index (χ2v) is 5.91. The summed E-state index contributed by atoms with van der Waals surface area (Å²) in [6, 6.07) is 6.46. The third-order valence-corrected chi connectivity index (χ3v) is 4.00. The largest absolute Gasteiger partial charge is 0.489 e. The molecule has 0 fully saturated rings. The Balaban J connectivity index is 2.02. The van der Waals surface area contributed by atoms with Gasteiger partial charge in [0.05, 0.1) is 0 Å². The molecule has 11 heteroatoms. The molecule has 1 amide bonds. The SMILES string of the molecule is NC(=O)c1cc(COc2ccnc(NC(OP)P(O)O)c2)ccn1. The van der Waals surface area contributed by atoms with Gasteiger partial charge in [0, 0.05) is 27.9 Å². The smallest absolute Gasteiger partial charge is 0.267 e. The van der Waals surface area contributed by atoms with Crippen molar-refractivity contribution < 1.29 is 23.8 Å². The van der Waals surface area contributed by atoms with Crippen molar-refractivity contribution in [2.24, 2.45) is 5.73 Å². The molecule has 2 rings (SSSR count). The van der Waals surface area contributed by atoms with Crippen LogP contribution in [0.4, 0.5) is 5.82 Å². The van der Waals surface area contributed by atoms with Crippen molar-refractivity contribution in [3.63, 3.8) is 0 Å². The van der Waals surface area contributed by atoms with Gasteiger partial charge in [-0.15, -0.1) is 0 Å². The number of hydrogen-bond donors (Lipinski definition) is 4. The summed E-state index contributed by atoms with van der Waals surface area (Å²) in [4.78, 5) is 37.4. The van der Waals surface area contributed by atoms with Crippen molar-refractivity contribution in [1.29, 1.82) is 0 Å². The molecule has 2 aromatic rings. The molecule has 2 unspecified atom stereocenters. The first kappa shape index (κ1) is 18.4. The average Bonchev–Trinajstić information content (AvgIpc) is 2.58. The molecule has 2 heterocycles. The quantitative estimate of drug-likeness (QED) is 0.398. The van der Waals surface area contributed by atoms with E-state index in [1.54, 1.807) is 24.3 Å². The molecule has 0 aliphatic heterocycles. The first-order chi connectivity index (χ1) is 11.5. The molecule has 2 aromatic heterocycles. The van der Waals surface area contributed by atoms with E-state index in [-0.39, 0.29) is 12.3 Å². The van der Waals surface area contributed by atoms with E-state index in [4.69, 9.17) is 15.0 Å². The van der Waals surface area contributed by atoms with E-state index in [1.165, 1.54) is 12.4 Å². The van der Waals surface area contributed by atoms with Crippen LogP contribution in [0.25, 0.3) is 0 Å². The van der Waals surface area contributed by atoms with Crippen LogP contribution in [-0.4, -0.2) is 31.6 Å². The Morgan fingerprint density at radius 3 is 2.75 bits per heavy atom. The predicted octanol–water partition coefficient (Wildman–Crippen LogP) is 0.953. The van der Waals surface area contributed by atoms with Gasteiger partial charge in [-0.25, -0.2) is 4.98 Å². The van der Waals surface area contributed by atoms with Gasteiger partial charge in [-0.3, -0.25) is 9.78 Å². The number of rotatable bonds is 8. The Labute approximate surface area is 141 Å². The van der Waals surface area contributed by atoms with Gasteiger partial charge < -0.3 is 30.1 Å². The lowest BCUT2D eigenvalue weighted by molar-refractivity contribution is 0.0995. The van der Waals surface area contributed by atoms with E-state index in [0.29, 0.717) is 11.6 Å². The number of aromatic nitrogens is 2. The van der Waals surface area contributed by atoms with E-state index in [9.17, 15) is 14.6 Å². The molecule has 5 N–H and O–H groups in total. The summed E-state index contributed by atoms with van der Waals surface area (Å²) in [5.41, 5.74) is 6.07. The van der Waals surface area contributed by atoms with Crippen LogP contribution in [0, 0.1) is 0 Å². The average molecular weight is 370 g/mol. The Kier molecular flexibility index (Phi) is 6.78. The third kappa shape index (κ3) is 5.33. The minimum Gasteiger partial charge on any atom is -0.489 e. The molecule has 0 aromatic carbocycles. The fourth-order valence-electron chi connectivity index (χ4n) is 1.72. The van der Waals surface area contributed by atoms with Crippen LogP contribution in [0.3, 0.4) is 0 Å². The van der Waals surface area contributed by atoms with Gasteiger partial charge in [-0.1, -0.05) is 0 Å². The van der Waals surface area contributed by atoms with E-state index in [0.717, 1.165) is 5.56 Å². The zero-order valence-electron chi connectivity index (χ0n) is 12.4. The molecule has 0 saturated carbocycles. The monoisotopic (exact) mass is 370 g/mol. The van der Waals surface area contributed by atoms with Crippen molar-refractivity contribution in [3.8, 4) is 5.75 Å². The van der Waals surface area contributed by atoms with Gasteiger partial charge in [-0.05, 0) is 23.8 Å². The van der Waals surface area contributed by atoms with Crippen molar-refractivity contribution in [3.05, 3.63) is 47.9 Å². The van der Waals surface area contributed by atoms with Crippen LogP contribution >= 0.6 is 17.8 Å². The van der Waals surface area contributed by atoms with Gasteiger partial charge in [0.1, 0.15) is 23.9 Å². The van der Waals surface area contributed by atoms with Crippen LogP contribution in [-0.2, 0) is 11.1 Å². The van der Waals surface area contributed by atoms with Crippen LogP contribution in [0.2, 0.25) is 0 Å². The lowest BCUT2D eigenvalue weighted by Gasteiger charge is -2.18. The van der Waals surface area contributed by atoms with E-state index in [1.807, 2.05) is 9.47 Å². The number of hydrogen-bond acceptors (Lipinski definition) is 8. The van der Waals surface area contributed by atoms with Crippen LogP contribution < -0.4 is 15.8 Å². The summed E-state index contributed by atoms with van der Waals surface area (Å²) in [6.45, 7) is 0.197. The normalized spacial score (nSPS) is 12.0. The number of nitrogens with zero attached hydrogens (tertiary/aromatic N) is 2. The fourth-order valence-corrected chi connectivity index (χ4v) is 2.47. The summed E-state index contributed by atoms with van der Waals surface area (Å²) in [7, 11) is -0.387. The summed E-state index contributed by atoms with van der Waals surface area (Å²) in [5.74, 6) is -0.762. The number of carbonyl (C=O) groups is 1. The van der Waals surface area contributed by atoms with Crippen molar-refractivity contribution in [1.82, 2.24) is 9.97 Å². The first-order valence-corrected chi connectivity index (χ1v) is 8.41. The van der Waals surface area contributed by atoms with Gasteiger partial charge in [0.15, 0.2) is 0 Å². The Hall–Kier alpha value is -1.89. The zero-order chi connectivity index (χ0) is 17.5. The predicted molar refractivity (Wildman–Crippen MR) is 90.9 cm³/mol. The molecular weight excluding hydrogens is 354 g/mol. The van der Waals surface area contributed by atoms with E-state index < -0.39 is 20.3 Å². The fraction of sp³-hybridized carbons (Fsp3) is 0.154. The Bertz CT molecular complexity index is 704. The van der Waals surface area contributed by atoms with Crippen LogP contribution in [0.5, 0.6) is 5.75 Å². The molecule has 0 radical (unpaired) electrons. The highest BCUT2D eigenvalue weighted by Crippen LogP contribution is 2.33. The van der Waals surface area contributed by atoms with Crippen molar-refractivity contribution >= 4 is 29.6 Å². The number of ether oxygens (including phenoxy) is 1. The number of nitrogens with one attached hydrogen (secondary N) is 1. The molecular formula is C13H16N4O5P2. The molecule has 2 atom stereocenters. The number of nitrogens with two attached hydrogens (primary N) is 1. The van der Waals surface area contributed by atoms with Crippen molar-refractivity contribution in [2.75, 3.05) is 5.32 Å². The molecule has 0 aliphatic carbocycles. The molecule has 0 saturated heterocycles. The van der Waals surface area contributed by atoms with Crippen LogP contribution in [0.1, 0.15) is 16.1 Å². The highest BCUT2D eigenvalue weighted by atomic mass is 31.2. The van der Waals surface area contributed by atoms with Crippen LogP contribution in [0.15, 0.2) is 36.7 Å². The second-order valence-electron chi connectivity index (χ2n) is 4.53.